The minimum atomic E-state index is -0.266. The normalized spacial score (nSPS) is 18.8. The number of amides is 3. The fourth-order valence-electron chi connectivity index (χ4n) is 7.55. The van der Waals surface area contributed by atoms with Gasteiger partial charge >= 0.3 is 0 Å². The molecular weight excluding hydrogens is 698 g/mol. The summed E-state index contributed by atoms with van der Waals surface area (Å²) < 4.78 is 0. The molecule has 3 amide bonds. The number of rotatable bonds is 9. The van der Waals surface area contributed by atoms with Crippen molar-refractivity contribution in [3.05, 3.63) is 81.6 Å². The number of imide groups is 1. The Kier molecular flexibility index (Phi) is 10.7. The standard InChI is InChI=1S/C38H44ClN9O3S/c1-23-5-4-6-30(39)35(23)45-37(51)31-22-40-38(52-31)43-32-21-33(42-24(2)41-32)48-19-15-27(16-20-48)46(3)26-13-17-47(18-14-26)28-9-7-25(8-10-28)29-11-12-34(49)44-36(29)50/h4-10,21-22,26-27,29H,11-20H2,1-3H3,(H,45,51)(H,44,49,50)(H,40,41,42,43). The number of nitrogens with one attached hydrogen (secondary N) is 3. The van der Waals surface area contributed by atoms with Crippen LogP contribution in [0.4, 0.5) is 28.1 Å². The predicted molar refractivity (Wildman–Crippen MR) is 206 cm³/mol. The molecule has 2 aromatic heterocycles. The first-order valence-corrected chi connectivity index (χ1v) is 19.1. The number of carbonyl (C=O) groups excluding carboxylic acids is 3. The molecule has 272 valence electrons. The number of thiazole rings is 1. The largest absolute Gasteiger partial charge is 0.371 e. The Bertz CT molecular complexity index is 1920. The lowest BCUT2D eigenvalue weighted by Gasteiger charge is -2.44. The van der Waals surface area contributed by atoms with Crippen molar-refractivity contribution < 1.29 is 14.4 Å². The van der Waals surface area contributed by atoms with Gasteiger partial charge in [-0.05, 0) is 82.3 Å². The predicted octanol–water partition coefficient (Wildman–Crippen LogP) is 6.29. The van der Waals surface area contributed by atoms with Crippen LogP contribution in [0.25, 0.3) is 0 Å². The number of hydrogen-bond acceptors (Lipinski definition) is 11. The summed E-state index contributed by atoms with van der Waals surface area (Å²) in [6.07, 6.45) is 6.83. The van der Waals surface area contributed by atoms with E-state index in [1.54, 1.807) is 12.3 Å². The second kappa shape index (κ2) is 15.6. The number of anilines is 5. The highest BCUT2D eigenvalue weighted by Crippen LogP contribution is 2.32. The van der Waals surface area contributed by atoms with Crippen molar-refractivity contribution in [2.24, 2.45) is 0 Å². The summed E-state index contributed by atoms with van der Waals surface area (Å²) in [6.45, 7) is 7.60. The average Bonchev–Trinajstić information content (AvgIpc) is 3.61. The molecule has 5 heterocycles. The van der Waals surface area contributed by atoms with Gasteiger partial charge in [0.2, 0.25) is 11.8 Å². The molecule has 3 fully saturated rings. The Balaban J connectivity index is 0.893. The number of carbonyl (C=O) groups is 3. The zero-order valence-corrected chi connectivity index (χ0v) is 31.3. The zero-order valence-electron chi connectivity index (χ0n) is 29.7. The highest BCUT2D eigenvalue weighted by molar-refractivity contribution is 7.17. The highest BCUT2D eigenvalue weighted by Gasteiger charge is 2.31. The molecule has 1 unspecified atom stereocenters. The molecule has 52 heavy (non-hydrogen) atoms. The molecule has 14 heteroatoms. The lowest BCUT2D eigenvalue weighted by molar-refractivity contribution is -0.134. The summed E-state index contributed by atoms with van der Waals surface area (Å²) in [6, 6.07) is 16.8. The molecule has 3 aliphatic heterocycles. The van der Waals surface area contributed by atoms with Gasteiger partial charge < -0.3 is 25.3 Å². The third kappa shape index (κ3) is 8.06. The van der Waals surface area contributed by atoms with E-state index in [-0.39, 0.29) is 23.6 Å². The van der Waals surface area contributed by atoms with Crippen molar-refractivity contribution in [2.45, 2.75) is 70.4 Å². The topological polar surface area (TPSA) is 136 Å². The summed E-state index contributed by atoms with van der Waals surface area (Å²) in [5.41, 5.74) is 3.64. The molecular formula is C38H44ClN9O3S. The maximum Gasteiger partial charge on any atom is 0.267 e. The first-order valence-electron chi connectivity index (χ1n) is 17.9. The van der Waals surface area contributed by atoms with E-state index in [1.165, 1.54) is 17.0 Å². The lowest BCUT2D eigenvalue weighted by Crippen LogP contribution is -2.50. The molecule has 4 aromatic rings. The molecule has 12 nitrogen and oxygen atoms in total. The van der Waals surface area contributed by atoms with Crippen molar-refractivity contribution in [1.82, 2.24) is 25.2 Å². The van der Waals surface area contributed by atoms with Crippen LogP contribution in [-0.4, -0.2) is 82.9 Å². The maximum atomic E-state index is 12.9. The summed E-state index contributed by atoms with van der Waals surface area (Å²) in [7, 11) is 2.28. The molecule has 0 saturated carbocycles. The first kappa shape index (κ1) is 35.8. The molecule has 0 spiro atoms. The Hall–Kier alpha value is -4.59. The van der Waals surface area contributed by atoms with Crippen LogP contribution in [0, 0.1) is 13.8 Å². The van der Waals surface area contributed by atoms with Gasteiger partial charge in [-0.2, -0.15) is 0 Å². The van der Waals surface area contributed by atoms with E-state index in [2.05, 4.69) is 59.8 Å². The third-order valence-electron chi connectivity index (χ3n) is 10.6. The minimum Gasteiger partial charge on any atom is -0.371 e. The SMILES string of the molecule is Cc1nc(Nc2ncc(C(=O)Nc3c(C)cccc3Cl)s2)cc(N2CCC(N(C)C3CCN(c4ccc(C5CCC(=O)NC5=O)cc4)CC3)CC2)n1. The van der Waals surface area contributed by atoms with Crippen LogP contribution < -0.4 is 25.8 Å². The lowest BCUT2D eigenvalue weighted by atomic mass is 9.90. The Morgan fingerprint density at radius 2 is 1.63 bits per heavy atom. The van der Waals surface area contributed by atoms with Gasteiger partial charge in [0.05, 0.1) is 22.8 Å². The number of hydrogen-bond donors (Lipinski definition) is 3. The second-order valence-corrected chi connectivity index (χ2v) is 15.3. The van der Waals surface area contributed by atoms with E-state index in [4.69, 9.17) is 16.6 Å². The number of aryl methyl sites for hydroxylation is 2. The molecule has 0 bridgehead atoms. The molecule has 3 N–H and O–H groups in total. The van der Waals surface area contributed by atoms with Crippen molar-refractivity contribution in [3.8, 4) is 0 Å². The Morgan fingerprint density at radius 3 is 2.31 bits per heavy atom. The van der Waals surface area contributed by atoms with Crippen LogP contribution >= 0.6 is 22.9 Å². The molecule has 0 aliphatic carbocycles. The summed E-state index contributed by atoms with van der Waals surface area (Å²) >= 11 is 7.56. The monoisotopic (exact) mass is 741 g/mol. The van der Waals surface area contributed by atoms with E-state index >= 15 is 0 Å². The Morgan fingerprint density at radius 1 is 0.942 bits per heavy atom. The van der Waals surface area contributed by atoms with Crippen LogP contribution in [0.2, 0.25) is 5.02 Å². The number of para-hydroxylation sites is 1. The zero-order chi connectivity index (χ0) is 36.4. The number of aromatic nitrogens is 3. The van der Waals surface area contributed by atoms with Gasteiger partial charge in [0, 0.05) is 56.4 Å². The van der Waals surface area contributed by atoms with Gasteiger partial charge in [-0.15, -0.1) is 0 Å². The van der Waals surface area contributed by atoms with Crippen LogP contribution in [0.5, 0.6) is 0 Å². The van der Waals surface area contributed by atoms with Gasteiger partial charge in [0.25, 0.3) is 5.91 Å². The van der Waals surface area contributed by atoms with Crippen LogP contribution in [0.3, 0.4) is 0 Å². The van der Waals surface area contributed by atoms with E-state index in [1.807, 2.05) is 44.2 Å². The van der Waals surface area contributed by atoms with Gasteiger partial charge in [0.15, 0.2) is 5.13 Å². The summed E-state index contributed by atoms with van der Waals surface area (Å²) in [4.78, 5) is 58.4. The number of benzene rings is 2. The molecule has 7 rings (SSSR count). The third-order valence-corrected chi connectivity index (χ3v) is 11.8. The number of nitrogens with zero attached hydrogens (tertiary/aromatic N) is 6. The fraction of sp³-hybridized carbons (Fsp3) is 0.421. The van der Waals surface area contributed by atoms with Gasteiger partial charge in [-0.25, -0.2) is 15.0 Å². The number of halogens is 1. The molecule has 2 aromatic carbocycles. The summed E-state index contributed by atoms with van der Waals surface area (Å²) in [5.74, 6) is 1.30. The highest BCUT2D eigenvalue weighted by atomic mass is 35.5. The average molecular weight is 742 g/mol. The minimum absolute atomic E-state index is 0.183. The smallest absolute Gasteiger partial charge is 0.267 e. The number of piperidine rings is 3. The van der Waals surface area contributed by atoms with Crippen molar-refractivity contribution in [2.75, 3.05) is 53.7 Å². The van der Waals surface area contributed by atoms with Crippen LogP contribution in [0.15, 0.2) is 54.7 Å². The maximum absolute atomic E-state index is 12.9. The molecule has 3 aliphatic rings. The quantitative estimate of drug-likeness (QED) is 0.168. The second-order valence-electron chi connectivity index (χ2n) is 13.9. The van der Waals surface area contributed by atoms with Crippen molar-refractivity contribution in [3.63, 3.8) is 0 Å². The van der Waals surface area contributed by atoms with Crippen molar-refractivity contribution >= 4 is 68.8 Å². The molecule has 3 saturated heterocycles. The van der Waals surface area contributed by atoms with E-state index in [9.17, 15) is 14.4 Å². The van der Waals surface area contributed by atoms with E-state index < -0.39 is 0 Å². The van der Waals surface area contributed by atoms with Crippen LogP contribution in [0.1, 0.15) is 71.1 Å². The van der Waals surface area contributed by atoms with E-state index in [0.29, 0.717) is 57.3 Å². The van der Waals surface area contributed by atoms with Crippen LogP contribution in [-0.2, 0) is 9.59 Å². The van der Waals surface area contributed by atoms with Gasteiger partial charge in [0.1, 0.15) is 22.3 Å². The van der Waals surface area contributed by atoms with Crippen molar-refractivity contribution in [1.29, 1.82) is 0 Å². The summed E-state index contributed by atoms with van der Waals surface area (Å²) in [5, 5.41) is 9.71. The fourth-order valence-corrected chi connectivity index (χ4v) is 8.54. The Labute approximate surface area is 313 Å². The first-order chi connectivity index (χ1) is 25.1. The van der Waals surface area contributed by atoms with E-state index in [0.717, 1.165) is 68.8 Å². The molecule has 1 atom stereocenters. The van der Waals surface area contributed by atoms with Gasteiger partial charge in [-0.1, -0.05) is 47.2 Å². The molecule has 0 radical (unpaired) electrons. The van der Waals surface area contributed by atoms with Gasteiger partial charge in [-0.3, -0.25) is 19.7 Å².